The molecule has 62 valence electrons. The normalized spacial score (nSPS) is 29.6. The van der Waals surface area contributed by atoms with Gasteiger partial charge >= 0.3 is 0 Å². The molecule has 3 nitrogen and oxygen atoms in total. The summed E-state index contributed by atoms with van der Waals surface area (Å²) in [5.74, 6) is -0.229. The van der Waals surface area contributed by atoms with Gasteiger partial charge in [0.1, 0.15) is 5.78 Å². The van der Waals surface area contributed by atoms with Crippen LogP contribution in [0.1, 0.15) is 25.7 Å². The van der Waals surface area contributed by atoms with E-state index in [2.05, 4.69) is 0 Å². The van der Waals surface area contributed by atoms with Crippen molar-refractivity contribution < 1.29 is 14.3 Å². The molecule has 1 aliphatic carbocycles. The SMILES string of the molecule is O=C1CCCC2(C1)OCCO2. The van der Waals surface area contributed by atoms with Gasteiger partial charge in [0.25, 0.3) is 0 Å². The molecule has 1 aliphatic heterocycles. The first-order valence-electron chi connectivity index (χ1n) is 4.10. The maximum absolute atomic E-state index is 11.1. The van der Waals surface area contributed by atoms with Gasteiger partial charge in [-0.15, -0.1) is 0 Å². The zero-order valence-electron chi connectivity index (χ0n) is 6.47. The Kier molecular flexibility index (Phi) is 1.69. The van der Waals surface area contributed by atoms with E-state index in [0.29, 0.717) is 26.1 Å². The van der Waals surface area contributed by atoms with Gasteiger partial charge in [0.2, 0.25) is 0 Å². The van der Waals surface area contributed by atoms with Crippen LogP contribution in [0.25, 0.3) is 0 Å². The lowest BCUT2D eigenvalue weighted by Crippen LogP contribution is -2.36. The minimum Gasteiger partial charge on any atom is -0.347 e. The van der Waals surface area contributed by atoms with E-state index in [1.54, 1.807) is 0 Å². The molecule has 2 rings (SSSR count). The van der Waals surface area contributed by atoms with Crippen molar-refractivity contribution in [3.05, 3.63) is 0 Å². The molecular weight excluding hydrogens is 144 g/mol. The number of carbonyl (C=O) groups is 1. The molecule has 0 aromatic rings. The largest absolute Gasteiger partial charge is 0.347 e. The summed E-state index contributed by atoms with van der Waals surface area (Å²) in [6.07, 6.45) is 2.97. The van der Waals surface area contributed by atoms with Crippen LogP contribution in [0.15, 0.2) is 0 Å². The molecule has 0 unspecified atom stereocenters. The molecule has 1 spiro atoms. The molecule has 0 amide bonds. The Hall–Kier alpha value is -0.410. The highest BCUT2D eigenvalue weighted by atomic mass is 16.7. The third-order valence-corrected chi connectivity index (χ3v) is 2.29. The van der Waals surface area contributed by atoms with Crippen molar-refractivity contribution in [2.24, 2.45) is 0 Å². The van der Waals surface area contributed by atoms with Crippen LogP contribution < -0.4 is 0 Å². The Morgan fingerprint density at radius 2 is 2.00 bits per heavy atom. The summed E-state index contributed by atoms with van der Waals surface area (Å²) in [5, 5.41) is 0. The average Bonchev–Trinajstić information content (AvgIpc) is 2.37. The molecule has 2 aliphatic rings. The minimum absolute atomic E-state index is 0.276. The van der Waals surface area contributed by atoms with Crippen LogP contribution in [0.3, 0.4) is 0 Å². The first-order valence-corrected chi connectivity index (χ1v) is 4.10. The maximum Gasteiger partial charge on any atom is 0.175 e. The molecule has 0 atom stereocenters. The lowest BCUT2D eigenvalue weighted by Gasteiger charge is -2.29. The van der Waals surface area contributed by atoms with Crippen molar-refractivity contribution in [2.75, 3.05) is 13.2 Å². The first-order chi connectivity index (χ1) is 5.31. The number of rotatable bonds is 0. The number of ether oxygens (including phenoxy) is 2. The Bertz CT molecular complexity index is 170. The maximum atomic E-state index is 11.1. The molecule has 11 heavy (non-hydrogen) atoms. The Labute approximate surface area is 65.7 Å². The van der Waals surface area contributed by atoms with Crippen molar-refractivity contribution in [2.45, 2.75) is 31.5 Å². The molecule has 0 N–H and O–H groups in total. The Morgan fingerprint density at radius 3 is 2.64 bits per heavy atom. The quantitative estimate of drug-likeness (QED) is 0.522. The van der Waals surface area contributed by atoms with Crippen LogP contribution in [0.5, 0.6) is 0 Å². The van der Waals surface area contributed by atoms with Crippen LogP contribution in [0.2, 0.25) is 0 Å². The van der Waals surface area contributed by atoms with Gasteiger partial charge in [-0.3, -0.25) is 4.79 Å². The van der Waals surface area contributed by atoms with Gasteiger partial charge in [0.05, 0.1) is 19.6 Å². The molecule has 3 heteroatoms. The number of Topliss-reactive ketones (excluding diaryl/α,β-unsaturated/α-hetero) is 1. The van der Waals surface area contributed by atoms with Crippen LogP contribution >= 0.6 is 0 Å². The first kappa shape index (κ1) is 7.25. The summed E-state index contributed by atoms with van der Waals surface area (Å²) >= 11 is 0. The fourth-order valence-corrected chi connectivity index (χ4v) is 1.78. The molecular formula is C8H12O3. The molecule has 0 radical (unpaired) electrons. The van der Waals surface area contributed by atoms with E-state index in [4.69, 9.17) is 9.47 Å². The van der Waals surface area contributed by atoms with Gasteiger partial charge in [-0.2, -0.15) is 0 Å². The van der Waals surface area contributed by atoms with E-state index < -0.39 is 5.79 Å². The fraction of sp³-hybridized carbons (Fsp3) is 0.875. The van der Waals surface area contributed by atoms with E-state index in [1.165, 1.54) is 0 Å². The summed E-state index contributed by atoms with van der Waals surface area (Å²) in [4.78, 5) is 11.1. The van der Waals surface area contributed by atoms with Gasteiger partial charge in [0.15, 0.2) is 5.79 Å². The van der Waals surface area contributed by atoms with Crippen molar-refractivity contribution in [1.29, 1.82) is 0 Å². The summed E-state index contributed by atoms with van der Waals surface area (Å²) in [5.41, 5.74) is 0. The lowest BCUT2D eigenvalue weighted by atomic mass is 9.93. The topological polar surface area (TPSA) is 35.5 Å². The average molecular weight is 156 g/mol. The van der Waals surface area contributed by atoms with Crippen molar-refractivity contribution >= 4 is 5.78 Å². The summed E-state index contributed by atoms with van der Waals surface area (Å²) < 4.78 is 10.8. The third kappa shape index (κ3) is 1.30. The van der Waals surface area contributed by atoms with Crippen molar-refractivity contribution in [1.82, 2.24) is 0 Å². The molecule has 1 heterocycles. The fourth-order valence-electron chi connectivity index (χ4n) is 1.78. The molecule has 0 bridgehead atoms. The molecule has 0 aromatic heterocycles. The van der Waals surface area contributed by atoms with Crippen LogP contribution in [0, 0.1) is 0 Å². The zero-order chi connectivity index (χ0) is 7.73. The second-order valence-electron chi connectivity index (χ2n) is 3.18. The molecule has 1 saturated carbocycles. The highest BCUT2D eigenvalue weighted by Gasteiger charge is 2.40. The van der Waals surface area contributed by atoms with Crippen molar-refractivity contribution in [3.63, 3.8) is 0 Å². The molecule has 1 saturated heterocycles. The standard InChI is InChI=1S/C8H12O3/c9-7-2-1-3-8(6-7)10-4-5-11-8/h1-6H2. The predicted molar refractivity (Wildman–Crippen MR) is 38.1 cm³/mol. The van der Waals surface area contributed by atoms with E-state index in [0.717, 1.165) is 12.8 Å². The van der Waals surface area contributed by atoms with Gasteiger partial charge in [-0.25, -0.2) is 0 Å². The van der Waals surface area contributed by atoms with Crippen LogP contribution in [-0.4, -0.2) is 24.8 Å². The van der Waals surface area contributed by atoms with E-state index >= 15 is 0 Å². The third-order valence-electron chi connectivity index (χ3n) is 2.29. The number of carbonyl (C=O) groups excluding carboxylic acids is 1. The number of hydrogen-bond acceptors (Lipinski definition) is 3. The Balaban J connectivity index is 2.05. The summed E-state index contributed by atoms with van der Waals surface area (Å²) in [6, 6.07) is 0. The predicted octanol–water partition coefficient (Wildman–Crippen LogP) is 0.873. The smallest absolute Gasteiger partial charge is 0.175 e. The van der Waals surface area contributed by atoms with E-state index in [1.807, 2.05) is 0 Å². The molecule has 0 aromatic carbocycles. The van der Waals surface area contributed by atoms with Crippen LogP contribution in [0.4, 0.5) is 0 Å². The number of hydrogen-bond donors (Lipinski definition) is 0. The Morgan fingerprint density at radius 1 is 1.27 bits per heavy atom. The zero-order valence-corrected chi connectivity index (χ0v) is 6.47. The summed E-state index contributed by atoms with van der Waals surface area (Å²) in [6.45, 7) is 1.29. The summed E-state index contributed by atoms with van der Waals surface area (Å²) in [7, 11) is 0. The second kappa shape index (κ2) is 2.57. The van der Waals surface area contributed by atoms with Gasteiger partial charge in [-0.05, 0) is 6.42 Å². The highest BCUT2D eigenvalue weighted by molar-refractivity contribution is 5.80. The van der Waals surface area contributed by atoms with Gasteiger partial charge in [-0.1, -0.05) is 0 Å². The molecule has 2 fully saturated rings. The van der Waals surface area contributed by atoms with Crippen molar-refractivity contribution in [3.8, 4) is 0 Å². The van der Waals surface area contributed by atoms with Gasteiger partial charge in [0, 0.05) is 12.8 Å². The second-order valence-corrected chi connectivity index (χ2v) is 3.18. The lowest BCUT2D eigenvalue weighted by molar-refractivity contribution is -0.180. The van der Waals surface area contributed by atoms with E-state index in [9.17, 15) is 4.79 Å². The number of ketones is 1. The van der Waals surface area contributed by atoms with Gasteiger partial charge < -0.3 is 9.47 Å². The monoisotopic (exact) mass is 156 g/mol. The van der Waals surface area contributed by atoms with Crippen LogP contribution in [-0.2, 0) is 14.3 Å². The minimum atomic E-state index is -0.505. The van der Waals surface area contributed by atoms with E-state index in [-0.39, 0.29) is 5.78 Å². The highest BCUT2D eigenvalue weighted by Crippen LogP contribution is 2.33.